The molecule has 3 heteroatoms. The van der Waals surface area contributed by atoms with Gasteiger partial charge in [0.05, 0.1) is 0 Å². The summed E-state index contributed by atoms with van der Waals surface area (Å²) >= 11 is 0. The van der Waals surface area contributed by atoms with Crippen LogP contribution in [0.15, 0.2) is 60.7 Å². The van der Waals surface area contributed by atoms with Gasteiger partial charge in [-0.15, -0.1) is 0 Å². The van der Waals surface area contributed by atoms with Gasteiger partial charge in [0.15, 0.2) is 6.10 Å². The quantitative estimate of drug-likeness (QED) is 0.831. The topological polar surface area (TPSA) is 29.5 Å². The van der Waals surface area contributed by atoms with Crippen LogP contribution in [-0.4, -0.2) is 19.1 Å². The van der Waals surface area contributed by atoms with E-state index in [1.54, 1.807) is 11.9 Å². The number of likely N-dealkylation sites (N-methyl/N-ethyl adjacent to an activating group) is 1. The van der Waals surface area contributed by atoms with Crippen LogP contribution in [0.4, 0.5) is 5.69 Å². The molecule has 0 heterocycles. The molecule has 0 fully saturated rings. The van der Waals surface area contributed by atoms with Gasteiger partial charge in [0.25, 0.3) is 5.91 Å². The molecule has 0 saturated carbocycles. The molecule has 0 saturated heterocycles. The van der Waals surface area contributed by atoms with E-state index >= 15 is 0 Å². The first-order valence-electron chi connectivity index (χ1n) is 6.76. The molecule has 1 unspecified atom stereocenters. The summed E-state index contributed by atoms with van der Waals surface area (Å²) in [4.78, 5) is 14.1. The Balaban J connectivity index is 2.09. The van der Waals surface area contributed by atoms with Crippen molar-refractivity contribution in [1.82, 2.24) is 0 Å². The Bertz CT molecular complexity index is 539. The predicted octanol–water partition coefficient (Wildman–Crippen LogP) is 3.51. The van der Waals surface area contributed by atoms with Crippen molar-refractivity contribution in [2.75, 3.05) is 11.9 Å². The van der Waals surface area contributed by atoms with Crippen molar-refractivity contribution < 1.29 is 9.53 Å². The van der Waals surface area contributed by atoms with Gasteiger partial charge in [-0.3, -0.25) is 4.79 Å². The van der Waals surface area contributed by atoms with Crippen molar-refractivity contribution in [2.45, 2.75) is 19.4 Å². The fourth-order valence-corrected chi connectivity index (χ4v) is 1.97. The van der Waals surface area contributed by atoms with Gasteiger partial charge in [-0.2, -0.15) is 0 Å². The lowest BCUT2D eigenvalue weighted by atomic mass is 10.2. The average molecular weight is 269 g/mol. The Morgan fingerprint density at radius 2 is 1.60 bits per heavy atom. The van der Waals surface area contributed by atoms with Crippen LogP contribution < -0.4 is 9.64 Å². The minimum absolute atomic E-state index is 0.0393. The third-order valence-corrected chi connectivity index (χ3v) is 3.14. The summed E-state index contributed by atoms with van der Waals surface area (Å²) < 4.78 is 5.78. The Morgan fingerprint density at radius 3 is 2.15 bits per heavy atom. The van der Waals surface area contributed by atoms with Gasteiger partial charge in [-0.1, -0.05) is 43.3 Å². The second-order valence-electron chi connectivity index (χ2n) is 4.56. The second kappa shape index (κ2) is 6.75. The van der Waals surface area contributed by atoms with E-state index < -0.39 is 6.10 Å². The van der Waals surface area contributed by atoms with E-state index in [9.17, 15) is 4.79 Å². The van der Waals surface area contributed by atoms with Crippen molar-refractivity contribution in [3.8, 4) is 5.75 Å². The maximum absolute atomic E-state index is 12.5. The van der Waals surface area contributed by atoms with Crippen LogP contribution in [0.1, 0.15) is 13.3 Å². The maximum atomic E-state index is 12.5. The Morgan fingerprint density at radius 1 is 1.05 bits per heavy atom. The predicted molar refractivity (Wildman–Crippen MR) is 81.0 cm³/mol. The molecular weight excluding hydrogens is 250 g/mol. The van der Waals surface area contributed by atoms with Crippen LogP contribution in [0, 0.1) is 0 Å². The second-order valence-corrected chi connectivity index (χ2v) is 4.56. The Hall–Kier alpha value is -2.29. The fraction of sp³-hybridized carbons (Fsp3) is 0.235. The summed E-state index contributed by atoms with van der Waals surface area (Å²) in [5.41, 5.74) is 0.868. The maximum Gasteiger partial charge on any atom is 0.267 e. The molecule has 0 radical (unpaired) electrons. The first kappa shape index (κ1) is 14.1. The summed E-state index contributed by atoms with van der Waals surface area (Å²) in [7, 11) is 1.77. The lowest BCUT2D eigenvalue weighted by molar-refractivity contribution is -0.125. The van der Waals surface area contributed by atoms with Gasteiger partial charge < -0.3 is 9.64 Å². The summed E-state index contributed by atoms with van der Waals surface area (Å²) in [5.74, 6) is 0.678. The highest BCUT2D eigenvalue weighted by Crippen LogP contribution is 2.17. The standard InChI is InChI=1S/C17H19NO2/c1-3-16(20-15-12-8-5-9-13-15)17(19)18(2)14-10-6-4-7-11-14/h4-13,16H,3H2,1-2H3. The number of rotatable bonds is 5. The largest absolute Gasteiger partial charge is 0.481 e. The number of benzene rings is 2. The summed E-state index contributed by atoms with van der Waals surface area (Å²) in [6.45, 7) is 1.95. The number of carbonyl (C=O) groups excluding carboxylic acids is 1. The minimum Gasteiger partial charge on any atom is -0.481 e. The molecule has 1 atom stereocenters. The Kier molecular flexibility index (Phi) is 4.77. The molecule has 0 aliphatic rings. The van der Waals surface area contributed by atoms with Crippen molar-refractivity contribution in [1.29, 1.82) is 0 Å². The molecule has 2 aromatic rings. The molecule has 3 nitrogen and oxygen atoms in total. The summed E-state index contributed by atoms with van der Waals surface area (Å²) in [6, 6.07) is 19.0. The van der Waals surface area contributed by atoms with Crippen molar-refractivity contribution >= 4 is 11.6 Å². The molecule has 2 aromatic carbocycles. The molecule has 0 aromatic heterocycles. The van der Waals surface area contributed by atoms with Crippen LogP contribution in [0.5, 0.6) is 5.75 Å². The Labute approximate surface area is 119 Å². The van der Waals surface area contributed by atoms with E-state index in [0.29, 0.717) is 12.2 Å². The van der Waals surface area contributed by atoms with Gasteiger partial charge in [-0.25, -0.2) is 0 Å². The average Bonchev–Trinajstić information content (AvgIpc) is 2.53. The zero-order chi connectivity index (χ0) is 14.4. The summed E-state index contributed by atoms with van der Waals surface area (Å²) in [5, 5.41) is 0. The third kappa shape index (κ3) is 3.38. The molecule has 2 rings (SSSR count). The zero-order valence-electron chi connectivity index (χ0n) is 11.8. The lowest BCUT2D eigenvalue weighted by Crippen LogP contribution is -2.39. The van der Waals surface area contributed by atoms with Crippen LogP contribution in [0.2, 0.25) is 0 Å². The molecular formula is C17H19NO2. The monoisotopic (exact) mass is 269 g/mol. The summed E-state index contributed by atoms with van der Waals surface area (Å²) in [6.07, 6.45) is 0.160. The molecule has 0 bridgehead atoms. The molecule has 0 aliphatic carbocycles. The van der Waals surface area contributed by atoms with E-state index in [0.717, 1.165) is 5.69 Å². The lowest BCUT2D eigenvalue weighted by Gasteiger charge is -2.23. The van der Waals surface area contributed by atoms with Crippen LogP contribution in [0.3, 0.4) is 0 Å². The van der Waals surface area contributed by atoms with Gasteiger partial charge in [-0.05, 0) is 30.7 Å². The number of hydrogen-bond donors (Lipinski definition) is 0. The minimum atomic E-state index is -0.470. The number of para-hydroxylation sites is 2. The van der Waals surface area contributed by atoms with Gasteiger partial charge in [0, 0.05) is 12.7 Å². The van der Waals surface area contributed by atoms with Gasteiger partial charge in [0.2, 0.25) is 0 Å². The highest BCUT2D eigenvalue weighted by Gasteiger charge is 2.23. The first-order valence-corrected chi connectivity index (χ1v) is 6.76. The van der Waals surface area contributed by atoms with Gasteiger partial charge >= 0.3 is 0 Å². The molecule has 0 spiro atoms. The van der Waals surface area contributed by atoms with Crippen LogP contribution in [-0.2, 0) is 4.79 Å². The molecule has 0 aliphatic heterocycles. The smallest absolute Gasteiger partial charge is 0.267 e. The third-order valence-electron chi connectivity index (χ3n) is 3.14. The number of anilines is 1. The van der Waals surface area contributed by atoms with E-state index in [-0.39, 0.29) is 5.91 Å². The molecule has 104 valence electrons. The number of carbonyl (C=O) groups is 1. The van der Waals surface area contributed by atoms with E-state index in [4.69, 9.17) is 4.74 Å². The number of amides is 1. The normalized spacial score (nSPS) is 11.7. The van der Waals surface area contributed by atoms with Crippen LogP contribution >= 0.6 is 0 Å². The highest BCUT2D eigenvalue weighted by atomic mass is 16.5. The molecule has 1 amide bonds. The van der Waals surface area contributed by atoms with E-state index in [1.165, 1.54) is 0 Å². The highest BCUT2D eigenvalue weighted by molar-refractivity contribution is 5.96. The van der Waals surface area contributed by atoms with Crippen molar-refractivity contribution in [3.63, 3.8) is 0 Å². The number of ether oxygens (including phenoxy) is 1. The van der Waals surface area contributed by atoms with Gasteiger partial charge in [0.1, 0.15) is 5.75 Å². The zero-order valence-corrected chi connectivity index (χ0v) is 11.8. The number of hydrogen-bond acceptors (Lipinski definition) is 2. The van der Waals surface area contributed by atoms with Crippen LogP contribution in [0.25, 0.3) is 0 Å². The molecule has 20 heavy (non-hydrogen) atoms. The van der Waals surface area contributed by atoms with Crippen molar-refractivity contribution in [2.24, 2.45) is 0 Å². The SMILES string of the molecule is CCC(Oc1ccccc1)C(=O)N(C)c1ccccc1. The molecule has 0 N–H and O–H groups in total. The van der Waals surface area contributed by atoms with E-state index in [1.807, 2.05) is 67.6 Å². The van der Waals surface area contributed by atoms with Crippen molar-refractivity contribution in [3.05, 3.63) is 60.7 Å². The first-order chi connectivity index (χ1) is 9.72. The van der Waals surface area contributed by atoms with E-state index in [2.05, 4.69) is 0 Å². The fourth-order valence-electron chi connectivity index (χ4n) is 1.97. The number of nitrogens with zero attached hydrogens (tertiary/aromatic N) is 1.